The maximum absolute atomic E-state index is 12.2. The molecule has 3 nitrogen and oxygen atoms in total. The van der Waals surface area contributed by atoms with E-state index in [-0.39, 0.29) is 11.3 Å². The van der Waals surface area contributed by atoms with Gasteiger partial charge in [-0.3, -0.25) is 4.79 Å². The second-order valence-electron chi connectivity index (χ2n) is 4.12. The van der Waals surface area contributed by atoms with E-state index < -0.39 is 0 Å². The van der Waals surface area contributed by atoms with Gasteiger partial charge in [0.05, 0.1) is 5.37 Å². The molecular weight excluding hydrogens is 234 g/mol. The van der Waals surface area contributed by atoms with Crippen molar-refractivity contribution in [1.82, 2.24) is 4.90 Å². The lowest BCUT2D eigenvalue weighted by molar-refractivity contribution is 0.0739. The number of nitrogens with zero attached hydrogens (tertiary/aromatic N) is 1. The van der Waals surface area contributed by atoms with Crippen molar-refractivity contribution in [2.45, 2.75) is 12.3 Å². The Labute approximate surface area is 104 Å². The fraction of sp³-hybridized carbons (Fsp3) is 0.308. The number of para-hydroxylation sites is 1. The molecule has 0 bridgehead atoms. The van der Waals surface area contributed by atoms with Crippen molar-refractivity contribution in [1.29, 1.82) is 0 Å². The van der Waals surface area contributed by atoms with Crippen LogP contribution >= 0.6 is 11.8 Å². The van der Waals surface area contributed by atoms with Crippen LogP contribution in [-0.4, -0.2) is 28.5 Å². The van der Waals surface area contributed by atoms with Crippen LogP contribution in [0.25, 0.3) is 11.0 Å². The molecule has 1 aromatic carbocycles. The number of rotatable bonds is 1. The standard InChI is InChI=1S/C13H13NO2S/c1-9-14(6-7-17-9)13(15)12-8-10-4-2-3-5-11(10)16-12/h2-5,8-9H,6-7H2,1H3. The molecule has 0 radical (unpaired) electrons. The van der Waals surface area contributed by atoms with Gasteiger partial charge in [-0.2, -0.15) is 0 Å². The highest BCUT2D eigenvalue weighted by Gasteiger charge is 2.28. The average molecular weight is 247 g/mol. The van der Waals surface area contributed by atoms with Gasteiger partial charge in [0.25, 0.3) is 5.91 Å². The van der Waals surface area contributed by atoms with Gasteiger partial charge in [-0.1, -0.05) is 18.2 Å². The van der Waals surface area contributed by atoms with Crippen molar-refractivity contribution in [2.24, 2.45) is 0 Å². The van der Waals surface area contributed by atoms with Gasteiger partial charge in [0.2, 0.25) is 0 Å². The van der Waals surface area contributed by atoms with Crippen LogP contribution < -0.4 is 0 Å². The van der Waals surface area contributed by atoms with E-state index in [4.69, 9.17) is 4.42 Å². The van der Waals surface area contributed by atoms with E-state index in [0.29, 0.717) is 5.76 Å². The minimum Gasteiger partial charge on any atom is -0.451 e. The van der Waals surface area contributed by atoms with Gasteiger partial charge in [0.1, 0.15) is 5.58 Å². The Kier molecular flexibility index (Phi) is 2.59. The third-order valence-electron chi connectivity index (χ3n) is 3.03. The molecule has 1 fully saturated rings. The Morgan fingerprint density at radius 1 is 1.47 bits per heavy atom. The average Bonchev–Trinajstić information content (AvgIpc) is 2.93. The van der Waals surface area contributed by atoms with Crippen LogP contribution in [0.3, 0.4) is 0 Å². The maximum Gasteiger partial charge on any atom is 0.290 e. The second kappa shape index (κ2) is 4.11. The molecule has 17 heavy (non-hydrogen) atoms. The zero-order valence-corrected chi connectivity index (χ0v) is 10.4. The Bertz CT molecular complexity index is 530. The van der Waals surface area contributed by atoms with Crippen molar-refractivity contribution in [3.63, 3.8) is 0 Å². The van der Waals surface area contributed by atoms with E-state index in [1.807, 2.05) is 35.2 Å². The molecule has 1 aromatic heterocycles. The summed E-state index contributed by atoms with van der Waals surface area (Å²) < 4.78 is 5.59. The summed E-state index contributed by atoms with van der Waals surface area (Å²) in [5.41, 5.74) is 0.773. The summed E-state index contributed by atoms with van der Waals surface area (Å²) in [4.78, 5) is 14.1. The molecule has 1 aliphatic rings. The third kappa shape index (κ3) is 1.82. The van der Waals surface area contributed by atoms with Crippen molar-refractivity contribution in [3.8, 4) is 0 Å². The van der Waals surface area contributed by atoms with E-state index in [1.165, 1.54) is 0 Å². The van der Waals surface area contributed by atoms with E-state index in [0.717, 1.165) is 23.3 Å². The first-order valence-electron chi connectivity index (χ1n) is 5.67. The molecule has 2 aromatic rings. The summed E-state index contributed by atoms with van der Waals surface area (Å²) in [7, 11) is 0. The number of benzene rings is 1. The summed E-state index contributed by atoms with van der Waals surface area (Å²) in [6.45, 7) is 2.86. The smallest absolute Gasteiger partial charge is 0.290 e. The van der Waals surface area contributed by atoms with Crippen LogP contribution in [0.2, 0.25) is 0 Å². The van der Waals surface area contributed by atoms with Crippen molar-refractivity contribution in [3.05, 3.63) is 36.1 Å². The van der Waals surface area contributed by atoms with Crippen LogP contribution in [0.15, 0.2) is 34.7 Å². The molecule has 1 aliphatic heterocycles. The summed E-state index contributed by atoms with van der Waals surface area (Å²) in [6, 6.07) is 9.52. The molecule has 0 aliphatic carbocycles. The number of furan rings is 1. The number of hydrogen-bond acceptors (Lipinski definition) is 3. The van der Waals surface area contributed by atoms with Crippen LogP contribution in [0.5, 0.6) is 0 Å². The lowest BCUT2D eigenvalue weighted by Gasteiger charge is -2.18. The fourth-order valence-corrected chi connectivity index (χ4v) is 3.11. The normalized spacial score (nSPS) is 20.1. The summed E-state index contributed by atoms with van der Waals surface area (Å²) >= 11 is 1.80. The van der Waals surface area contributed by atoms with Crippen LogP contribution in [0.4, 0.5) is 0 Å². The van der Waals surface area contributed by atoms with E-state index >= 15 is 0 Å². The monoisotopic (exact) mass is 247 g/mol. The molecule has 1 saturated heterocycles. The molecular formula is C13H13NO2S. The Balaban J connectivity index is 1.95. The Morgan fingerprint density at radius 3 is 3.00 bits per heavy atom. The minimum absolute atomic E-state index is 0.00120. The molecule has 0 N–H and O–H groups in total. The highest BCUT2D eigenvalue weighted by molar-refractivity contribution is 8.00. The molecule has 0 saturated carbocycles. The maximum atomic E-state index is 12.2. The Hall–Kier alpha value is -1.42. The quantitative estimate of drug-likeness (QED) is 0.776. The first kappa shape index (κ1) is 10.7. The highest BCUT2D eigenvalue weighted by atomic mass is 32.2. The lowest BCUT2D eigenvalue weighted by atomic mass is 10.2. The topological polar surface area (TPSA) is 33.5 Å². The summed E-state index contributed by atoms with van der Waals surface area (Å²) in [6.07, 6.45) is 0. The van der Waals surface area contributed by atoms with E-state index in [2.05, 4.69) is 6.92 Å². The predicted molar refractivity (Wildman–Crippen MR) is 69.2 cm³/mol. The van der Waals surface area contributed by atoms with Crippen LogP contribution in [0.1, 0.15) is 17.5 Å². The SMILES string of the molecule is CC1SCCN1C(=O)c1cc2ccccc2o1. The van der Waals surface area contributed by atoms with Gasteiger partial charge in [-0.15, -0.1) is 11.8 Å². The first-order valence-corrected chi connectivity index (χ1v) is 6.72. The number of thioether (sulfide) groups is 1. The zero-order valence-electron chi connectivity index (χ0n) is 9.55. The largest absolute Gasteiger partial charge is 0.451 e. The number of carbonyl (C=O) groups excluding carboxylic acids is 1. The fourth-order valence-electron chi connectivity index (χ4n) is 2.09. The second-order valence-corrected chi connectivity index (χ2v) is 5.54. The number of hydrogen-bond donors (Lipinski definition) is 0. The van der Waals surface area contributed by atoms with Gasteiger partial charge >= 0.3 is 0 Å². The molecule has 1 amide bonds. The van der Waals surface area contributed by atoms with Crippen molar-refractivity contribution < 1.29 is 9.21 Å². The highest BCUT2D eigenvalue weighted by Crippen LogP contribution is 2.27. The zero-order chi connectivity index (χ0) is 11.8. The minimum atomic E-state index is -0.00120. The van der Waals surface area contributed by atoms with Crippen LogP contribution in [0, 0.1) is 0 Å². The summed E-state index contributed by atoms with van der Waals surface area (Å²) in [5.74, 6) is 1.45. The van der Waals surface area contributed by atoms with Gasteiger partial charge in [0, 0.05) is 17.7 Å². The van der Waals surface area contributed by atoms with Crippen molar-refractivity contribution >= 4 is 28.6 Å². The van der Waals surface area contributed by atoms with Crippen molar-refractivity contribution in [2.75, 3.05) is 12.3 Å². The molecule has 2 heterocycles. The first-order chi connectivity index (χ1) is 8.25. The predicted octanol–water partition coefficient (Wildman–Crippen LogP) is 2.97. The molecule has 4 heteroatoms. The molecule has 88 valence electrons. The third-order valence-corrected chi connectivity index (χ3v) is 4.18. The summed E-state index contributed by atoms with van der Waals surface area (Å²) in [5, 5.41) is 1.23. The van der Waals surface area contributed by atoms with Gasteiger partial charge < -0.3 is 9.32 Å². The number of fused-ring (bicyclic) bond motifs is 1. The molecule has 0 spiro atoms. The molecule has 1 unspecified atom stereocenters. The van der Waals surface area contributed by atoms with E-state index in [9.17, 15) is 4.79 Å². The number of amides is 1. The Morgan fingerprint density at radius 2 is 2.29 bits per heavy atom. The van der Waals surface area contributed by atoms with E-state index in [1.54, 1.807) is 11.8 Å². The van der Waals surface area contributed by atoms with Gasteiger partial charge in [0.15, 0.2) is 5.76 Å². The lowest BCUT2D eigenvalue weighted by Crippen LogP contribution is -2.32. The molecule has 1 atom stereocenters. The van der Waals surface area contributed by atoms with Gasteiger partial charge in [-0.25, -0.2) is 0 Å². The number of carbonyl (C=O) groups is 1. The van der Waals surface area contributed by atoms with Crippen LogP contribution in [-0.2, 0) is 0 Å². The molecule has 3 rings (SSSR count). The van der Waals surface area contributed by atoms with Gasteiger partial charge in [-0.05, 0) is 19.1 Å².